The van der Waals surface area contributed by atoms with Crippen LogP contribution in [0.4, 0.5) is 16.2 Å². The van der Waals surface area contributed by atoms with Gasteiger partial charge in [-0.2, -0.15) is 0 Å². The van der Waals surface area contributed by atoms with E-state index in [1.54, 1.807) is 12.0 Å². The summed E-state index contributed by atoms with van der Waals surface area (Å²) in [5, 5.41) is 3.36. The van der Waals surface area contributed by atoms with E-state index in [9.17, 15) is 9.59 Å². The van der Waals surface area contributed by atoms with Crippen molar-refractivity contribution in [1.29, 1.82) is 0 Å². The van der Waals surface area contributed by atoms with E-state index in [-0.39, 0.29) is 18.1 Å². The number of ether oxygens (including phenoxy) is 4. The number of anilines is 2. The fourth-order valence-corrected chi connectivity index (χ4v) is 4.55. The Hall–Kier alpha value is -3.46. The molecular weight excluding hydrogens is 438 g/mol. The predicted octanol–water partition coefficient (Wildman–Crippen LogP) is 2.75. The van der Waals surface area contributed by atoms with Crippen molar-refractivity contribution in [2.75, 3.05) is 56.3 Å². The van der Waals surface area contributed by atoms with Crippen molar-refractivity contribution < 1.29 is 28.5 Å². The Kier molecular flexibility index (Phi) is 6.44. The van der Waals surface area contributed by atoms with Crippen molar-refractivity contribution in [3.8, 4) is 17.2 Å². The molecular formula is C25H29N3O6. The first-order valence-electron chi connectivity index (χ1n) is 11.7. The van der Waals surface area contributed by atoms with Gasteiger partial charge in [0.05, 0.1) is 25.0 Å². The smallest absolute Gasteiger partial charge is 0.414 e. The molecule has 2 aromatic carbocycles. The minimum atomic E-state index is -0.368. The zero-order chi connectivity index (χ0) is 23.5. The lowest BCUT2D eigenvalue weighted by molar-refractivity contribution is -0.118. The first kappa shape index (κ1) is 22.3. The van der Waals surface area contributed by atoms with E-state index in [1.165, 1.54) is 5.56 Å². The predicted molar refractivity (Wildman–Crippen MR) is 126 cm³/mol. The Morgan fingerprint density at radius 1 is 1.06 bits per heavy atom. The molecule has 0 aliphatic carbocycles. The van der Waals surface area contributed by atoms with Crippen LogP contribution in [0.25, 0.3) is 0 Å². The standard InChI is InChI=1S/C25H29N3O6/c1-31-19-6-3-17-4-8-24(29)27(21(17)14-19)10-2-9-26-15-20-16-28(25(30)34-20)18-5-7-22-23(13-18)33-12-11-32-22/h3,5-7,13-14,20,26H,2,4,8-12,15-16H2,1H3/t20-/m1/s1. The number of fused-ring (bicyclic) bond motifs is 2. The van der Waals surface area contributed by atoms with Crippen molar-refractivity contribution >= 4 is 23.4 Å². The van der Waals surface area contributed by atoms with Crippen LogP contribution in [0.1, 0.15) is 18.4 Å². The van der Waals surface area contributed by atoms with Crippen LogP contribution in [-0.4, -0.2) is 64.6 Å². The highest BCUT2D eigenvalue weighted by Crippen LogP contribution is 2.35. The van der Waals surface area contributed by atoms with E-state index < -0.39 is 0 Å². The molecule has 1 atom stereocenters. The summed E-state index contributed by atoms with van der Waals surface area (Å²) in [4.78, 5) is 28.4. The van der Waals surface area contributed by atoms with E-state index in [4.69, 9.17) is 18.9 Å². The van der Waals surface area contributed by atoms with Crippen LogP contribution in [0.3, 0.4) is 0 Å². The van der Waals surface area contributed by atoms with Gasteiger partial charge in [-0.1, -0.05) is 6.07 Å². The van der Waals surface area contributed by atoms with Gasteiger partial charge in [-0.15, -0.1) is 0 Å². The van der Waals surface area contributed by atoms with Crippen LogP contribution in [0.2, 0.25) is 0 Å². The van der Waals surface area contributed by atoms with Crippen LogP contribution in [0, 0.1) is 0 Å². The van der Waals surface area contributed by atoms with E-state index in [0.717, 1.165) is 30.0 Å². The molecule has 34 heavy (non-hydrogen) atoms. The normalized spacial score (nSPS) is 19.1. The van der Waals surface area contributed by atoms with Gasteiger partial charge < -0.3 is 29.2 Å². The van der Waals surface area contributed by atoms with E-state index in [2.05, 4.69) is 5.32 Å². The van der Waals surface area contributed by atoms with E-state index in [0.29, 0.717) is 57.3 Å². The monoisotopic (exact) mass is 467 g/mol. The Bertz CT molecular complexity index is 1070. The number of benzene rings is 2. The molecule has 3 heterocycles. The molecule has 0 unspecified atom stereocenters. The second-order valence-corrected chi connectivity index (χ2v) is 8.54. The highest BCUT2D eigenvalue weighted by molar-refractivity contribution is 5.96. The number of nitrogens with zero attached hydrogens (tertiary/aromatic N) is 2. The summed E-state index contributed by atoms with van der Waals surface area (Å²) in [6, 6.07) is 11.4. The molecule has 9 heteroatoms. The quantitative estimate of drug-likeness (QED) is 0.597. The lowest BCUT2D eigenvalue weighted by Gasteiger charge is -2.30. The Morgan fingerprint density at radius 2 is 1.91 bits per heavy atom. The van der Waals surface area contributed by atoms with E-state index >= 15 is 0 Å². The third kappa shape index (κ3) is 4.61. The third-order valence-corrected chi connectivity index (χ3v) is 6.31. The van der Waals surface area contributed by atoms with Gasteiger partial charge in [0.2, 0.25) is 5.91 Å². The topological polar surface area (TPSA) is 89.6 Å². The van der Waals surface area contributed by atoms with Crippen molar-refractivity contribution in [1.82, 2.24) is 5.32 Å². The molecule has 0 aromatic heterocycles. The summed E-state index contributed by atoms with van der Waals surface area (Å²) in [7, 11) is 1.63. The highest BCUT2D eigenvalue weighted by atomic mass is 16.6. The molecule has 3 aliphatic rings. The maximum atomic E-state index is 12.5. The average molecular weight is 468 g/mol. The van der Waals surface area contributed by atoms with Crippen LogP contribution in [0.15, 0.2) is 36.4 Å². The summed E-state index contributed by atoms with van der Waals surface area (Å²) in [5.41, 5.74) is 2.84. The van der Waals surface area contributed by atoms with Crippen LogP contribution >= 0.6 is 0 Å². The van der Waals surface area contributed by atoms with Crippen LogP contribution < -0.4 is 29.3 Å². The number of amides is 2. The summed E-state index contributed by atoms with van der Waals surface area (Å²) in [5.74, 6) is 2.22. The molecule has 0 bridgehead atoms. The van der Waals surface area contributed by atoms with Gasteiger partial charge in [0.1, 0.15) is 25.1 Å². The first-order chi connectivity index (χ1) is 16.6. The van der Waals surface area contributed by atoms with Crippen molar-refractivity contribution in [2.24, 2.45) is 0 Å². The average Bonchev–Trinajstić information content (AvgIpc) is 3.24. The number of methoxy groups -OCH3 is 1. The molecule has 1 saturated heterocycles. The largest absolute Gasteiger partial charge is 0.497 e. The number of rotatable bonds is 8. The number of aryl methyl sites for hydroxylation is 1. The van der Waals surface area contributed by atoms with Gasteiger partial charge in [-0.05, 0) is 43.1 Å². The minimum absolute atomic E-state index is 0.139. The fourth-order valence-electron chi connectivity index (χ4n) is 4.55. The maximum absolute atomic E-state index is 12.5. The van der Waals surface area contributed by atoms with E-state index in [1.807, 2.05) is 41.3 Å². The SMILES string of the molecule is COc1ccc2c(c1)N(CCCNC[C@@H]1CN(c3ccc4c(c3)OCCO4)C(=O)O1)C(=O)CC2. The Balaban J connectivity index is 1.10. The number of carbonyl (C=O) groups is 2. The van der Waals surface area contributed by atoms with Crippen LogP contribution in [-0.2, 0) is 16.0 Å². The van der Waals surface area contributed by atoms with Gasteiger partial charge in [0, 0.05) is 31.6 Å². The summed E-state index contributed by atoms with van der Waals surface area (Å²) < 4.78 is 22.0. The first-order valence-corrected chi connectivity index (χ1v) is 11.7. The Labute approximate surface area is 198 Å². The molecule has 0 radical (unpaired) electrons. The second kappa shape index (κ2) is 9.80. The molecule has 1 N–H and O–H groups in total. The second-order valence-electron chi connectivity index (χ2n) is 8.54. The molecule has 1 fully saturated rings. The molecule has 0 spiro atoms. The third-order valence-electron chi connectivity index (χ3n) is 6.31. The molecule has 2 aromatic rings. The number of carbonyl (C=O) groups excluding carboxylic acids is 2. The molecule has 9 nitrogen and oxygen atoms in total. The summed E-state index contributed by atoms with van der Waals surface area (Å²) in [6.45, 7) is 3.36. The highest BCUT2D eigenvalue weighted by Gasteiger charge is 2.33. The molecule has 0 saturated carbocycles. The molecule has 3 aliphatic heterocycles. The number of hydrogen-bond acceptors (Lipinski definition) is 7. The van der Waals surface area contributed by atoms with Gasteiger partial charge in [-0.3, -0.25) is 9.69 Å². The molecule has 2 amide bonds. The van der Waals surface area contributed by atoms with Crippen molar-refractivity contribution in [3.05, 3.63) is 42.0 Å². The van der Waals surface area contributed by atoms with Crippen molar-refractivity contribution in [2.45, 2.75) is 25.4 Å². The number of nitrogens with one attached hydrogen (secondary N) is 1. The number of hydrogen-bond donors (Lipinski definition) is 1. The van der Waals surface area contributed by atoms with Gasteiger partial charge in [0.15, 0.2) is 11.5 Å². The van der Waals surface area contributed by atoms with Gasteiger partial charge in [0.25, 0.3) is 0 Å². The summed E-state index contributed by atoms with van der Waals surface area (Å²) in [6.07, 6.45) is 1.46. The zero-order valence-corrected chi connectivity index (χ0v) is 19.2. The Morgan fingerprint density at radius 3 is 2.76 bits per heavy atom. The maximum Gasteiger partial charge on any atom is 0.414 e. The van der Waals surface area contributed by atoms with Crippen molar-refractivity contribution in [3.63, 3.8) is 0 Å². The number of cyclic esters (lactones) is 1. The van der Waals surface area contributed by atoms with Crippen LogP contribution in [0.5, 0.6) is 17.2 Å². The van der Waals surface area contributed by atoms with Gasteiger partial charge in [-0.25, -0.2) is 4.79 Å². The lowest BCUT2D eigenvalue weighted by atomic mass is 10.0. The van der Waals surface area contributed by atoms with Gasteiger partial charge >= 0.3 is 6.09 Å². The minimum Gasteiger partial charge on any atom is -0.497 e. The lowest BCUT2D eigenvalue weighted by Crippen LogP contribution is -2.38. The summed E-state index contributed by atoms with van der Waals surface area (Å²) >= 11 is 0. The molecule has 5 rings (SSSR count). The zero-order valence-electron chi connectivity index (χ0n) is 19.2. The fraction of sp³-hybridized carbons (Fsp3) is 0.440. The molecule has 180 valence electrons.